The summed E-state index contributed by atoms with van der Waals surface area (Å²) in [7, 11) is 0. The summed E-state index contributed by atoms with van der Waals surface area (Å²) >= 11 is 0. The molecule has 6 saturated heterocycles. The van der Waals surface area contributed by atoms with Crippen molar-refractivity contribution in [1.82, 2.24) is 0 Å². The Morgan fingerprint density at radius 2 is 0.279 bits per heavy atom. The van der Waals surface area contributed by atoms with Crippen molar-refractivity contribution < 1.29 is 56.8 Å². The van der Waals surface area contributed by atoms with Crippen molar-refractivity contribution in [3.63, 3.8) is 0 Å². The molecule has 0 aromatic rings. The van der Waals surface area contributed by atoms with Crippen LogP contribution in [0, 0.1) is 0 Å². The third kappa shape index (κ3) is 15.7. The number of hydrogen-bond acceptors (Lipinski definition) is 12. The number of unbranched alkanes of at least 4 members (excludes halogenated alkanes) is 8. The summed E-state index contributed by atoms with van der Waals surface area (Å²) in [5.74, 6) is -16.9. The molecule has 0 spiro atoms. The van der Waals surface area contributed by atoms with Gasteiger partial charge in [-0.25, -0.2) is 0 Å². The van der Waals surface area contributed by atoms with Gasteiger partial charge in [-0.3, -0.25) is 56.8 Å². The third-order valence-electron chi connectivity index (χ3n) is 11.7. The number of allylic oxidation sites excluding steroid dienone is 8. The molecule has 384 valence electrons. The smallest absolute Gasteiger partial charge is 0.269 e. The molecule has 6 fully saturated rings. The molecule has 0 atom stereocenters. The van der Waals surface area contributed by atoms with Crippen LogP contribution in [-0.2, 0) is 56.8 Å². The standard InChI is InChI=1S/C56H88O12/c1-9-17-25-33-41-49-57-50(42-34-26-18-10-2)60-53(45-37-29-21-13-5)62-51(58-49,43-35-27-19-11-3)64-55(47-39-31-23-15-7)65-52(59-49,44-36-28-20-12-4)63-54(61-50,46-38-30-22-14-6)67-56(66-53,68-55)48-40-32-24-16-8/h25-40H,9-24,41-48H2,1-8H3/b33-25+,34-26+,35-27+,36-28+,37-29+,38-30+,39-31+,40-32+. The third-order valence-corrected chi connectivity index (χ3v) is 11.7. The average Bonchev–Trinajstić information content (AvgIpc) is 3.28. The van der Waals surface area contributed by atoms with Crippen LogP contribution in [0.5, 0.6) is 0 Å². The van der Waals surface area contributed by atoms with Gasteiger partial charge in [0.15, 0.2) is 0 Å². The Hall–Kier alpha value is -2.56. The van der Waals surface area contributed by atoms with E-state index in [-0.39, 0.29) is 51.4 Å². The Balaban J connectivity index is 1.96. The summed E-state index contributed by atoms with van der Waals surface area (Å²) in [6, 6.07) is 0. The van der Waals surface area contributed by atoms with E-state index in [9.17, 15) is 0 Å². The minimum absolute atomic E-state index is 0.0192. The Morgan fingerprint density at radius 1 is 0.176 bits per heavy atom. The summed E-state index contributed by atoms with van der Waals surface area (Å²) < 4.78 is 89.5. The van der Waals surface area contributed by atoms with E-state index in [2.05, 4.69) is 104 Å². The molecular formula is C56H88O12. The first kappa shape index (κ1) is 56.4. The highest BCUT2D eigenvalue weighted by Crippen LogP contribution is 2.61. The van der Waals surface area contributed by atoms with Crippen LogP contribution in [0.25, 0.3) is 0 Å². The van der Waals surface area contributed by atoms with Crippen molar-refractivity contribution in [2.45, 2.75) is 257 Å². The molecule has 0 N–H and O–H groups in total. The number of ether oxygens (including phenoxy) is 12. The fourth-order valence-corrected chi connectivity index (χ4v) is 8.44. The fraction of sp³-hybridized carbons (Fsp3) is 0.714. The minimum Gasteiger partial charge on any atom is -0.269 e. The van der Waals surface area contributed by atoms with Crippen LogP contribution in [0.2, 0.25) is 0 Å². The zero-order chi connectivity index (χ0) is 48.8. The molecule has 0 aromatic carbocycles. The van der Waals surface area contributed by atoms with Crippen LogP contribution in [-0.4, -0.2) is 47.8 Å². The van der Waals surface area contributed by atoms with Crippen LogP contribution in [0.3, 0.4) is 0 Å². The molecule has 6 aliphatic heterocycles. The zero-order valence-electron chi connectivity index (χ0n) is 43.1. The second-order valence-corrected chi connectivity index (χ2v) is 18.4. The maximum Gasteiger partial charge on any atom is 0.299 e. The van der Waals surface area contributed by atoms with Gasteiger partial charge in [-0.2, -0.15) is 0 Å². The van der Waals surface area contributed by atoms with E-state index in [0.29, 0.717) is 0 Å². The van der Waals surface area contributed by atoms with Gasteiger partial charge in [0.05, 0.1) is 0 Å². The van der Waals surface area contributed by atoms with E-state index in [1.54, 1.807) is 0 Å². The molecule has 6 heterocycles. The normalized spacial score (nSPS) is 35.2. The maximum absolute atomic E-state index is 7.46. The first-order valence-electron chi connectivity index (χ1n) is 26.6. The minimum atomic E-state index is -2.11. The van der Waals surface area contributed by atoms with Crippen molar-refractivity contribution in [2.75, 3.05) is 0 Å². The van der Waals surface area contributed by atoms with Gasteiger partial charge in [0, 0.05) is 51.4 Å². The molecule has 12 nitrogen and oxygen atoms in total. The summed E-state index contributed by atoms with van der Waals surface area (Å²) in [4.78, 5) is 0. The monoisotopic (exact) mass is 953 g/mol. The SMILES string of the molecule is CCC/C=C/CC12OC3(C/C=C/CCC)OC4(C/C=C/CCC)OC(C/C=C/CCC)(O1)OC1(C/C=C/CCC)OC(C/C=C/CCC)(O2)OC(C/C=C/CCC)(O3)OC(C/C=C/CCC)(O4)O1. The lowest BCUT2D eigenvalue weighted by atomic mass is 10.1. The quantitative estimate of drug-likeness (QED) is 0.0599. The Bertz CT molecular complexity index is 1280. The molecule has 68 heavy (non-hydrogen) atoms. The van der Waals surface area contributed by atoms with E-state index in [1.165, 1.54) is 0 Å². The van der Waals surface area contributed by atoms with E-state index in [0.717, 1.165) is 103 Å². The van der Waals surface area contributed by atoms with E-state index >= 15 is 0 Å². The molecule has 12 heteroatoms. The molecule has 8 bridgehead atoms. The predicted molar refractivity (Wildman–Crippen MR) is 264 cm³/mol. The summed E-state index contributed by atoms with van der Waals surface area (Å²) in [6.45, 7) is 17.0. The van der Waals surface area contributed by atoms with Crippen LogP contribution in [0.15, 0.2) is 97.2 Å². The Kier molecular flexibility index (Phi) is 22.6. The van der Waals surface area contributed by atoms with Crippen LogP contribution in [0.1, 0.15) is 209 Å². The molecule has 6 rings (SSSR count). The summed E-state index contributed by atoms with van der Waals surface area (Å²) in [5.41, 5.74) is 0. The van der Waals surface area contributed by atoms with Crippen molar-refractivity contribution in [3.8, 4) is 0 Å². The highest BCUT2D eigenvalue weighted by Gasteiger charge is 2.76. The molecule has 6 aliphatic rings. The van der Waals surface area contributed by atoms with Crippen LogP contribution >= 0.6 is 0 Å². The first-order chi connectivity index (χ1) is 33.0. The van der Waals surface area contributed by atoms with Crippen molar-refractivity contribution >= 4 is 0 Å². The molecular weight excluding hydrogens is 865 g/mol. The van der Waals surface area contributed by atoms with Crippen LogP contribution < -0.4 is 0 Å². The Labute approximate surface area is 410 Å². The molecule has 0 amide bonds. The van der Waals surface area contributed by atoms with Gasteiger partial charge in [0.25, 0.3) is 47.8 Å². The highest BCUT2D eigenvalue weighted by atomic mass is 17.2. The van der Waals surface area contributed by atoms with Gasteiger partial charge in [0.2, 0.25) is 0 Å². The van der Waals surface area contributed by atoms with E-state index in [4.69, 9.17) is 56.8 Å². The number of hydrogen-bond donors (Lipinski definition) is 0. The maximum atomic E-state index is 7.46. The zero-order valence-corrected chi connectivity index (χ0v) is 43.1. The average molecular weight is 953 g/mol. The van der Waals surface area contributed by atoms with Crippen molar-refractivity contribution in [1.29, 1.82) is 0 Å². The second-order valence-electron chi connectivity index (χ2n) is 18.4. The van der Waals surface area contributed by atoms with Gasteiger partial charge < -0.3 is 0 Å². The van der Waals surface area contributed by atoms with Crippen LogP contribution in [0.4, 0.5) is 0 Å². The molecule has 0 radical (unpaired) electrons. The van der Waals surface area contributed by atoms with Gasteiger partial charge >= 0.3 is 0 Å². The molecule has 0 saturated carbocycles. The second kappa shape index (κ2) is 27.3. The molecule has 0 aliphatic carbocycles. The molecule has 0 unspecified atom stereocenters. The number of rotatable bonds is 32. The lowest BCUT2D eigenvalue weighted by Gasteiger charge is -2.65. The lowest BCUT2D eigenvalue weighted by Crippen LogP contribution is -2.79. The summed E-state index contributed by atoms with van der Waals surface area (Å²) in [5, 5.41) is 0. The van der Waals surface area contributed by atoms with E-state index in [1.807, 2.05) is 48.6 Å². The van der Waals surface area contributed by atoms with Gasteiger partial charge in [-0.1, -0.05) is 204 Å². The fourth-order valence-electron chi connectivity index (χ4n) is 8.44. The molecule has 0 aromatic heterocycles. The largest absolute Gasteiger partial charge is 0.299 e. The Morgan fingerprint density at radius 3 is 0.368 bits per heavy atom. The van der Waals surface area contributed by atoms with Crippen molar-refractivity contribution in [3.05, 3.63) is 97.2 Å². The van der Waals surface area contributed by atoms with Gasteiger partial charge in [0.1, 0.15) is 0 Å². The van der Waals surface area contributed by atoms with Gasteiger partial charge in [-0.15, -0.1) is 0 Å². The topological polar surface area (TPSA) is 111 Å². The first-order valence-corrected chi connectivity index (χ1v) is 26.6. The van der Waals surface area contributed by atoms with E-state index < -0.39 is 47.8 Å². The lowest BCUT2D eigenvalue weighted by molar-refractivity contribution is -0.789. The summed E-state index contributed by atoms with van der Waals surface area (Å²) in [6.07, 6.45) is 46.4. The van der Waals surface area contributed by atoms with Crippen molar-refractivity contribution in [2.24, 2.45) is 0 Å². The predicted octanol–water partition coefficient (Wildman–Crippen LogP) is 15.5. The highest BCUT2D eigenvalue weighted by molar-refractivity contribution is 5.03. The van der Waals surface area contributed by atoms with Gasteiger partial charge in [-0.05, 0) is 51.4 Å².